The standard InChI is InChI=1S/C18H26N2O3/c1-13-4-6-16(7-5-13)12-14(2)17(22)19-8-10-20(11-9-19)18(23)15(3)21/h4-7,14-15,21H,8-12H2,1-3H3. The molecule has 1 aromatic carbocycles. The Bertz CT molecular complexity index is 546. The van der Waals surface area contributed by atoms with Gasteiger partial charge in [-0.15, -0.1) is 0 Å². The van der Waals surface area contributed by atoms with Gasteiger partial charge in [0.2, 0.25) is 5.91 Å². The van der Waals surface area contributed by atoms with Gasteiger partial charge >= 0.3 is 0 Å². The summed E-state index contributed by atoms with van der Waals surface area (Å²) < 4.78 is 0. The molecular weight excluding hydrogens is 292 g/mol. The van der Waals surface area contributed by atoms with E-state index in [1.165, 1.54) is 18.1 Å². The first kappa shape index (κ1) is 17.5. The predicted octanol–water partition coefficient (Wildman–Crippen LogP) is 1.23. The van der Waals surface area contributed by atoms with E-state index in [1.54, 1.807) is 4.90 Å². The second kappa shape index (κ2) is 7.59. The first-order valence-electron chi connectivity index (χ1n) is 8.19. The molecule has 1 saturated heterocycles. The quantitative estimate of drug-likeness (QED) is 0.908. The molecule has 0 spiro atoms. The van der Waals surface area contributed by atoms with E-state index in [-0.39, 0.29) is 17.7 Å². The molecule has 1 aliphatic rings. The molecule has 0 radical (unpaired) electrons. The van der Waals surface area contributed by atoms with Crippen LogP contribution in [0.25, 0.3) is 0 Å². The van der Waals surface area contributed by atoms with Crippen LogP contribution in [0.5, 0.6) is 0 Å². The van der Waals surface area contributed by atoms with Gasteiger partial charge in [0, 0.05) is 32.1 Å². The molecule has 2 rings (SSSR count). The predicted molar refractivity (Wildman–Crippen MR) is 88.9 cm³/mol. The molecule has 1 N–H and O–H groups in total. The number of nitrogens with zero attached hydrogens (tertiary/aromatic N) is 2. The van der Waals surface area contributed by atoms with E-state index in [9.17, 15) is 14.7 Å². The van der Waals surface area contributed by atoms with Gasteiger partial charge in [0.05, 0.1) is 0 Å². The Kier molecular flexibility index (Phi) is 5.77. The van der Waals surface area contributed by atoms with E-state index in [4.69, 9.17) is 0 Å². The molecule has 126 valence electrons. The van der Waals surface area contributed by atoms with Crippen LogP contribution in [0.2, 0.25) is 0 Å². The van der Waals surface area contributed by atoms with Gasteiger partial charge in [-0.25, -0.2) is 0 Å². The van der Waals surface area contributed by atoms with Crippen molar-refractivity contribution in [1.29, 1.82) is 0 Å². The maximum Gasteiger partial charge on any atom is 0.251 e. The molecule has 5 nitrogen and oxygen atoms in total. The summed E-state index contributed by atoms with van der Waals surface area (Å²) in [5, 5.41) is 9.35. The van der Waals surface area contributed by atoms with Crippen molar-refractivity contribution in [1.82, 2.24) is 9.80 Å². The van der Waals surface area contributed by atoms with Gasteiger partial charge in [0.25, 0.3) is 5.91 Å². The Morgan fingerprint density at radius 2 is 1.48 bits per heavy atom. The van der Waals surface area contributed by atoms with Gasteiger partial charge in [0.15, 0.2) is 0 Å². The van der Waals surface area contributed by atoms with Crippen LogP contribution in [0.3, 0.4) is 0 Å². The Labute approximate surface area is 137 Å². The van der Waals surface area contributed by atoms with Gasteiger partial charge < -0.3 is 14.9 Å². The molecule has 1 aliphatic heterocycles. The van der Waals surface area contributed by atoms with Gasteiger partial charge in [-0.1, -0.05) is 36.8 Å². The summed E-state index contributed by atoms with van der Waals surface area (Å²) in [6, 6.07) is 8.26. The summed E-state index contributed by atoms with van der Waals surface area (Å²) in [5.74, 6) is -0.198. The number of rotatable bonds is 4. The van der Waals surface area contributed by atoms with Gasteiger partial charge in [-0.05, 0) is 25.8 Å². The zero-order valence-corrected chi connectivity index (χ0v) is 14.2. The number of hydrogen-bond acceptors (Lipinski definition) is 3. The lowest BCUT2D eigenvalue weighted by atomic mass is 9.98. The van der Waals surface area contributed by atoms with E-state index < -0.39 is 6.10 Å². The molecule has 0 saturated carbocycles. The number of aliphatic hydroxyl groups is 1. The lowest BCUT2D eigenvalue weighted by molar-refractivity contribution is -0.145. The van der Waals surface area contributed by atoms with Crippen molar-refractivity contribution in [3.8, 4) is 0 Å². The van der Waals surface area contributed by atoms with E-state index in [0.29, 0.717) is 26.2 Å². The van der Waals surface area contributed by atoms with Crippen LogP contribution in [0.1, 0.15) is 25.0 Å². The average Bonchev–Trinajstić information content (AvgIpc) is 2.55. The van der Waals surface area contributed by atoms with Crippen LogP contribution in [0.4, 0.5) is 0 Å². The normalized spacial score (nSPS) is 17.7. The maximum absolute atomic E-state index is 12.6. The molecule has 0 aliphatic carbocycles. The number of hydrogen-bond donors (Lipinski definition) is 1. The number of carbonyl (C=O) groups excluding carboxylic acids is 2. The molecule has 23 heavy (non-hydrogen) atoms. The summed E-state index contributed by atoms with van der Waals surface area (Å²) in [4.78, 5) is 27.8. The number of aryl methyl sites for hydroxylation is 1. The minimum atomic E-state index is -0.974. The van der Waals surface area contributed by atoms with Gasteiger partial charge in [0.1, 0.15) is 6.10 Å². The average molecular weight is 318 g/mol. The molecule has 1 aromatic rings. The third-order valence-electron chi connectivity index (χ3n) is 4.34. The summed E-state index contributed by atoms with van der Waals surface area (Å²) >= 11 is 0. The Morgan fingerprint density at radius 1 is 1.00 bits per heavy atom. The Morgan fingerprint density at radius 3 is 1.96 bits per heavy atom. The fourth-order valence-electron chi connectivity index (χ4n) is 2.89. The molecule has 1 fully saturated rings. The summed E-state index contributed by atoms with van der Waals surface area (Å²) in [5.41, 5.74) is 2.38. The van der Waals surface area contributed by atoms with Crippen LogP contribution in [-0.4, -0.2) is 59.0 Å². The third-order valence-corrected chi connectivity index (χ3v) is 4.34. The molecular formula is C18H26N2O3. The lowest BCUT2D eigenvalue weighted by Crippen LogP contribution is -2.53. The van der Waals surface area contributed by atoms with Crippen molar-refractivity contribution < 1.29 is 14.7 Å². The second-order valence-corrected chi connectivity index (χ2v) is 6.42. The number of carbonyl (C=O) groups is 2. The lowest BCUT2D eigenvalue weighted by Gasteiger charge is -2.36. The van der Waals surface area contributed by atoms with Crippen molar-refractivity contribution in [3.63, 3.8) is 0 Å². The third kappa shape index (κ3) is 4.55. The van der Waals surface area contributed by atoms with Crippen molar-refractivity contribution in [2.75, 3.05) is 26.2 Å². The van der Waals surface area contributed by atoms with Gasteiger partial charge in [-0.2, -0.15) is 0 Å². The van der Waals surface area contributed by atoms with Crippen molar-refractivity contribution >= 4 is 11.8 Å². The van der Waals surface area contributed by atoms with Crippen LogP contribution in [-0.2, 0) is 16.0 Å². The SMILES string of the molecule is Cc1ccc(CC(C)C(=O)N2CCN(C(=O)C(C)O)CC2)cc1. The number of aliphatic hydroxyl groups excluding tert-OH is 1. The first-order chi connectivity index (χ1) is 10.9. The molecule has 0 aromatic heterocycles. The largest absolute Gasteiger partial charge is 0.384 e. The van der Waals surface area contributed by atoms with Crippen LogP contribution in [0.15, 0.2) is 24.3 Å². The fourth-order valence-corrected chi connectivity index (χ4v) is 2.89. The summed E-state index contributed by atoms with van der Waals surface area (Å²) in [6.45, 7) is 7.54. The summed E-state index contributed by atoms with van der Waals surface area (Å²) in [6.07, 6.45) is -0.246. The molecule has 0 bridgehead atoms. The highest BCUT2D eigenvalue weighted by atomic mass is 16.3. The summed E-state index contributed by atoms with van der Waals surface area (Å²) in [7, 11) is 0. The molecule has 1 heterocycles. The van der Waals surface area contributed by atoms with Crippen molar-refractivity contribution in [2.45, 2.75) is 33.3 Å². The van der Waals surface area contributed by atoms with Crippen LogP contribution < -0.4 is 0 Å². The zero-order valence-electron chi connectivity index (χ0n) is 14.2. The second-order valence-electron chi connectivity index (χ2n) is 6.42. The zero-order chi connectivity index (χ0) is 17.0. The Hall–Kier alpha value is -1.88. The first-order valence-corrected chi connectivity index (χ1v) is 8.19. The van der Waals surface area contributed by atoms with Crippen molar-refractivity contribution in [3.05, 3.63) is 35.4 Å². The van der Waals surface area contributed by atoms with E-state index in [2.05, 4.69) is 24.3 Å². The molecule has 2 amide bonds. The van der Waals surface area contributed by atoms with Crippen LogP contribution in [0, 0.1) is 12.8 Å². The minimum Gasteiger partial charge on any atom is -0.384 e. The van der Waals surface area contributed by atoms with E-state index in [1.807, 2.05) is 18.7 Å². The number of benzene rings is 1. The minimum absolute atomic E-state index is 0.0725. The molecule has 2 unspecified atom stereocenters. The molecule has 5 heteroatoms. The number of piperazine rings is 1. The van der Waals surface area contributed by atoms with E-state index in [0.717, 1.165) is 6.42 Å². The highest BCUT2D eigenvalue weighted by Gasteiger charge is 2.28. The Balaban J connectivity index is 1.86. The highest BCUT2D eigenvalue weighted by Crippen LogP contribution is 2.14. The van der Waals surface area contributed by atoms with Crippen LogP contribution >= 0.6 is 0 Å². The number of amides is 2. The smallest absolute Gasteiger partial charge is 0.251 e. The molecule has 2 atom stereocenters. The monoisotopic (exact) mass is 318 g/mol. The highest BCUT2D eigenvalue weighted by molar-refractivity contribution is 5.81. The van der Waals surface area contributed by atoms with E-state index >= 15 is 0 Å². The maximum atomic E-state index is 12.6. The fraction of sp³-hybridized carbons (Fsp3) is 0.556. The topological polar surface area (TPSA) is 60.9 Å². The van der Waals surface area contributed by atoms with Gasteiger partial charge in [-0.3, -0.25) is 9.59 Å². The van der Waals surface area contributed by atoms with Crippen molar-refractivity contribution in [2.24, 2.45) is 5.92 Å².